The molecule has 2 rings (SSSR count). The van der Waals surface area contributed by atoms with Crippen molar-refractivity contribution in [2.24, 2.45) is 0 Å². The van der Waals surface area contributed by atoms with Crippen LogP contribution in [-0.2, 0) is 6.18 Å². The van der Waals surface area contributed by atoms with Crippen LogP contribution in [0.3, 0.4) is 0 Å². The minimum absolute atomic E-state index is 0.0751. The van der Waals surface area contributed by atoms with Gasteiger partial charge in [0.05, 0.1) is 11.3 Å². The molecule has 0 radical (unpaired) electrons. The first-order valence-electron chi connectivity index (χ1n) is 5.98. The fraction of sp³-hybridized carbons (Fsp3) is 0.308. The largest absolute Gasteiger partial charge is 0.418 e. The highest BCUT2D eigenvalue weighted by Crippen LogP contribution is 2.34. The van der Waals surface area contributed by atoms with E-state index in [-0.39, 0.29) is 5.69 Å². The Bertz CT molecular complexity index is 546. The van der Waals surface area contributed by atoms with E-state index in [0.29, 0.717) is 12.5 Å². The number of anilines is 1. The van der Waals surface area contributed by atoms with E-state index in [9.17, 15) is 13.2 Å². The van der Waals surface area contributed by atoms with Crippen molar-refractivity contribution in [3.63, 3.8) is 0 Å². The van der Waals surface area contributed by atoms with E-state index < -0.39 is 11.7 Å². The summed E-state index contributed by atoms with van der Waals surface area (Å²) in [5.74, 6) is 0.415. The van der Waals surface area contributed by atoms with Gasteiger partial charge < -0.3 is 5.32 Å². The minimum Gasteiger partial charge on any atom is -0.355 e. The smallest absolute Gasteiger partial charge is 0.355 e. The van der Waals surface area contributed by atoms with Crippen LogP contribution in [0.1, 0.15) is 18.9 Å². The van der Waals surface area contributed by atoms with Gasteiger partial charge in [-0.2, -0.15) is 13.2 Å². The first-order valence-corrected chi connectivity index (χ1v) is 5.98. The van der Waals surface area contributed by atoms with Crippen LogP contribution in [0.25, 0.3) is 5.69 Å². The number of imidazole rings is 1. The van der Waals surface area contributed by atoms with Crippen LogP contribution >= 0.6 is 0 Å². The van der Waals surface area contributed by atoms with E-state index in [1.165, 1.54) is 29.1 Å². The lowest BCUT2D eigenvalue weighted by Crippen LogP contribution is -2.13. The monoisotopic (exact) mass is 269 g/mol. The van der Waals surface area contributed by atoms with Crippen LogP contribution in [0.15, 0.2) is 36.7 Å². The second kappa shape index (κ2) is 5.34. The van der Waals surface area contributed by atoms with Crippen LogP contribution in [0.2, 0.25) is 0 Å². The zero-order valence-corrected chi connectivity index (χ0v) is 10.4. The molecule has 0 atom stereocenters. The molecule has 0 saturated carbocycles. The second-order valence-electron chi connectivity index (χ2n) is 4.06. The molecular weight excluding hydrogens is 255 g/mol. The van der Waals surface area contributed by atoms with Gasteiger partial charge in [0.15, 0.2) is 0 Å². The van der Waals surface area contributed by atoms with E-state index in [0.717, 1.165) is 12.5 Å². The third kappa shape index (κ3) is 2.89. The van der Waals surface area contributed by atoms with Gasteiger partial charge in [-0.1, -0.05) is 19.1 Å². The maximum absolute atomic E-state index is 13.0. The normalized spacial score (nSPS) is 11.6. The summed E-state index contributed by atoms with van der Waals surface area (Å²) in [5, 5.41) is 3.00. The van der Waals surface area contributed by atoms with Crippen molar-refractivity contribution in [1.82, 2.24) is 9.55 Å². The summed E-state index contributed by atoms with van der Waals surface area (Å²) >= 11 is 0. The van der Waals surface area contributed by atoms with Gasteiger partial charge >= 0.3 is 6.18 Å². The van der Waals surface area contributed by atoms with Crippen LogP contribution < -0.4 is 5.32 Å². The zero-order valence-electron chi connectivity index (χ0n) is 10.4. The summed E-state index contributed by atoms with van der Waals surface area (Å²) in [7, 11) is 0. The molecule has 6 heteroatoms. The fourth-order valence-electron chi connectivity index (χ4n) is 1.79. The van der Waals surface area contributed by atoms with E-state index in [1.807, 2.05) is 6.92 Å². The number of nitrogens with one attached hydrogen (secondary N) is 1. The highest BCUT2D eigenvalue weighted by atomic mass is 19.4. The Hall–Kier alpha value is -1.98. The summed E-state index contributed by atoms with van der Waals surface area (Å²) in [6, 6.07) is 5.46. The highest BCUT2D eigenvalue weighted by Gasteiger charge is 2.33. The molecule has 0 amide bonds. The number of para-hydroxylation sites is 1. The van der Waals surface area contributed by atoms with Gasteiger partial charge in [-0.05, 0) is 18.6 Å². The van der Waals surface area contributed by atoms with Crippen molar-refractivity contribution in [2.75, 3.05) is 11.9 Å². The van der Waals surface area contributed by atoms with Crippen molar-refractivity contribution in [1.29, 1.82) is 0 Å². The molecule has 19 heavy (non-hydrogen) atoms. The Morgan fingerprint density at radius 2 is 2.00 bits per heavy atom. The lowest BCUT2D eigenvalue weighted by molar-refractivity contribution is -0.137. The molecule has 0 saturated heterocycles. The molecule has 0 unspecified atom stereocenters. The summed E-state index contributed by atoms with van der Waals surface area (Å²) in [4.78, 5) is 4.04. The van der Waals surface area contributed by atoms with E-state index in [1.54, 1.807) is 6.07 Å². The fourth-order valence-corrected chi connectivity index (χ4v) is 1.79. The second-order valence-corrected chi connectivity index (χ2v) is 4.06. The lowest BCUT2D eigenvalue weighted by Gasteiger charge is -2.15. The van der Waals surface area contributed by atoms with Gasteiger partial charge in [-0.3, -0.25) is 4.57 Å². The number of alkyl halides is 3. The van der Waals surface area contributed by atoms with Gasteiger partial charge in [0.1, 0.15) is 0 Å². The number of aromatic nitrogens is 2. The molecule has 1 aromatic heterocycles. The molecule has 0 aliphatic carbocycles. The number of benzene rings is 1. The van der Waals surface area contributed by atoms with Gasteiger partial charge in [0, 0.05) is 18.9 Å². The predicted molar refractivity (Wildman–Crippen MR) is 67.3 cm³/mol. The Labute approximate surface area is 109 Å². The van der Waals surface area contributed by atoms with E-state index in [2.05, 4.69) is 10.3 Å². The van der Waals surface area contributed by atoms with Crippen molar-refractivity contribution >= 4 is 5.95 Å². The Balaban J connectivity index is 2.45. The SMILES string of the molecule is CCCNc1nccn1-c1ccccc1C(F)(F)F. The summed E-state index contributed by atoms with van der Waals surface area (Å²) in [6.45, 7) is 2.63. The molecule has 0 fully saturated rings. The predicted octanol–water partition coefficient (Wildman–Crippen LogP) is 3.71. The maximum atomic E-state index is 13.0. The molecule has 0 aliphatic rings. The third-order valence-electron chi connectivity index (χ3n) is 2.64. The highest BCUT2D eigenvalue weighted by molar-refractivity contribution is 5.48. The molecule has 3 nitrogen and oxygen atoms in total. The number of halogens is 3. The van der Waals surface area contributed by atoms with Gasteiger partial charge in [0.25, 0.3) is 0 Å². The molecule has 0 bridgehead atoms. The summed E-state index contributed by atoms with van der Waals surface area (Å²) in [6.07, 6.45) is -0.523. The van der Waals surface area contributed by atoms with Gasteiger partial charge in [0.2, 0.25) is 5.95 Å². The lowest BCUT2D eigenvalue weighted by atomic mass is 10.1. The Morgan fingerprint density at radius 1 is 1.26 bits per heavy atom. The van der Waals surface area contributed by atoms with Gasteiger partial charge in [-0.15, -0.1) is 0 Å². The third-order valence-corrected chi connectivity index (χ3v) is 2.64. The molecule has 102 valence electrons. The Morgan fingerprint density at radius 3 is 2.68 bits per heavy atom. The standard InChI is InChI=1S/C13H14F3N3/c1-2-7-17-12-18-8-9-19(12)11-6-4-3-5-10(11)13(14,15)16/h3-6,8-9H,2,7H2,1H3,(H,17,18). The van der Waals surface area contributed by atoms with Crippen molar-refractivity contribution < 1.29 is 13.2 Å². The van der Waals surface area contributed by atoms with E-state index in [4.69, 9.17) is 0 Å². The number of nitrogens with zero attached hydrogens (tertiary/aromatic N) is 2. The minimum atomic E-state index is -4.39. The van der Waals surface area contributed by atoms with E-state index >= 15 is 0 Å². The zero-order chi connectivity index (χ0) is 13.9. The topological polar surface area (TPSA) is 29.9 Å². The molecule has 1 aromatic carbocycles. The number of hydrogen-bond donors (Lipinski definition) is 1. The van der Waals surface area contributed by atoms with Crippen molar-refractivity contribution in [3.8, 4) is 5.69 Å². The van der Waals surface area contributed by atoms with Crippen LogP contribution in [-0.4, -0.2) is 16.1 Å². The molecule has 0 aliphatic heterocycles. The van der Waals surface area contributed by atoms with Crippen molar-refractivity contribution in [2.45, 2.75) is 19.5 Å². The Kier molecular flexibility index (Phi) is 3.78. The first kappa shape index (κ1) is 13.5. The molecule has 0 spiro atoms. The molecule has 1 N–H and O–H groups in total. The van der Waals surface area contributed by atoms with Crippen molar-refractivity contribution in [3.05, 3.63) is 42.2 Å². The van der Waals surface area contributed by atoms with Crippen LogP contribution in [0.4, 0.5) is 19.1 Å². The number of hydrogen-bond acceptors (Lipinski definition) is 2. The maximum Gasteiger partial charge on any atom is 0.418 e. The van der Waals surface area contributed by atoms with Gasteiger partial charge in [-0.25, -0.2) is 4.98 Å². The average Bonchev–Trinajstić information content (AvgIpc) is 2.83. The molecule has 1 heterocycles. The first-order chi connectivity index (χ1) is 9.04. The molecular formula is C13H14F3N3. The molecule has 2 aromatic rings. The average molecular weight is 269 g/mol. The van der Waals surface area contributed by atoms with Crippen LogP contribution in [0, 0.1) is 0 Å². The quantitative estimate of drug-likeness (QED) is 0.916. The summed E-state index contributed by atoms with van der Waals surface area (Å²) < 4.78 is 40.3. The number of rotatable bonds is 4. The van der Waals surface area contributed by atoms with Crippen LogP contribution in [0.5, 0.6) is 0 Å². The summed E-state index contributed by atoms with van der Waals surface area (Å²) in [5.41, 5.74) is -0.598.